The van der Waals surface area contributed by atoms with Crippen LogP contribution in [0.15, 0.2) is 0 Å². The van der Waals surface area contributed by atoms with Gasteiger partial charge in [0.05, 0.1) is 63.6 Å². The number of aliphatic hydroxyl groups excluding tert-OH is 9. The molecule has 0 rings (SSSR count). The topological polar surface area (TPSA) is 276 Å². The van der Waals surface area contributed by atoms with Crippen molar-refractivity contribution < 1.29 is 74.9 Å². The Hall–Kier alpha value is -1.54. The largest absolute Gasteiger partial charge is 0.479 e. The third kappa shape index (κ3) is 15.8. The maximum absolute atomic E-state index is 11.9. The Bertz CT molecular complexity index is 656. The fourth-order valence-corrected chi connectivity index (χ4v) is 3.04. The van der Waals surface area contributed by atoms with Gasteiger partial charge in [0.2, 0.25) is 0 Å². The molecule has 11 N–H and O–H groups in total. The van der Waals surface area contributed by atoms with E-state index in [0.717, 1.165) is 0 Å². The van der Waals surface area contributed by atoms with Gasteiger partial charge < -0.3 is 70.6 Å². The molecular weight excluding hydrogens is 518 g/mol. The van der Waals surface area contributed by atoms with E-state index >= 15 is 0 Å². The number of aliphatic hydroxyl groups is 9. The van der Waals surface area contributed by atoms with Gasteiger partial charge in [0.1, 0.15) is 18.3 Å². The van der Waals surface area contributed by atoms with Crippen LogP contribution in [0.1, 0.15) is 26.7 Å². The van der Waals surface area contributed by atoms with Gasteiger partial charge in [0, 0.05) is 19.4 Å². The molecule has 0 aromatic carbocycles. The lowest BCUT2D eigenvalue weighted by atomic mass is 10.0. The lowest BCUT2D eigenvalue weighted by molar-refractivity contribution is -0.150. The highest BCUT2D eigenvalue weighted by Crippen LogP contribution is 2.09. The minimum Gasteiger partial charge on any atom is -0.479 e. The molecule has 0 saturated carbocycles. The quantitative estimate of drug-likeness (QED) is 0.0589. The second kappa shape index (κ2) is 19.5. The molecule has 1 amide bonds. The molecule has 6 unspecified atom stereocenters. The summed E-state index contributed by atoms with van der Waals surface area (Å²) in [6, 6.07) is 0. The molecule has 226 valence electrons. The highest BCUT2D eigenvalue weighted by molar-refractivity contribution is 5.80. The summed E-state index contributed by atoms with van der Waals surface area (Å²) < 4.78 is 15.7. The van der Waals surface area contributed by atoms with E-state index in [9.17, 15) is 45.3 Å². The molecule has 16 heteroatoms. The summed E-state index contributed by atoms with van der Waals surface area (Å²) in [6.07, 6.45) is -13.3. The highest BCUT2D eigenvalue weighted by atomic mass is 16.5. The maximum atomic E-state index is 11.9. The van der Waals surface area contributed by atoms with Crippen LogP contribution < -0.4 is 5.32 Å². The summed E-state index contributed by atoms with van der Waals surface area (Å²) in [7, 11) is 0. The molecule has 0 radical (unpaired) electrons. The lowest BCUT2D eigenvalue weighted by Gasteiger charge is -2.26. The molecular formula is C22H43NO15. The Morgan fingerprint density at radius 3 is 1.74 bits per heavy atom. The molecule has 0 saturated heterocycles. The smallest absolute Gasteiger partial charge is 0.334 e. The van der Waals surface area contributed by atoms with Gasteiger partial charge in [-0.15, -0.1) is 0 Å². The second-order valence-corrected chi connectivity index (χ2v) is 9.02. The SMILES string of the molecule is CC(CC(O)COCC(O)C(=O)O)OCC(O)CC(C)OCC(O)C(=O)NC[C@H](O)[C@@H](O)[C@H](O)[C@H](O)CO. The van der Waals surface area contributed by atoms with Crippen molar-refractivity contribution in [2.45, 2.75) is 87.7 Å². The van der Waals surface area contributed by atoms with Crippen LogP contribution >= 0.6 is 0 Å². The van der Waals surface area contributed by atoms with Crippen molar-refractivity contribution in [1.82, 2.24) is 5.32 Å². The van der Waals surface area contributed by atoms with Gasteiger partial charge in [0.15, 0.2) is 12.2 Å². The highest BCUT2D eigenvalue weighted by Gasteiger charge is 2.30. The van der Waals surface area contributed by atoms with E-state index in [4.69, 9.17) is 29.5 Å². The fourth-order valence-electron chi connectivity index (χ4n) is 3.04. The molecule has 0 bridgehead atoms. The summed E-state index contributed by atoms with van der Waals surface area (Å²) in [5.74, 6) is -2.38. The molecule has 0 fully saturated rings. The molecule has 0 aromatic heterocycles. The summed E-state index contributed by atoms with van der Waals surface area (Å²) in [4.78, 5) is 22.4. The number of carboxylic acids is 1. The number of nitrogens with one attached hydrogen (secondary N) is 1. The first-order valence-electron chi connectivity index (χ1n) is 12.1. The van der Waals surface area contributed by atoms with E-state index in [-0.39, 0.29) is 26.1 Å². The minimum absolute atomic E-state index is 0.0791. The van der Waals surface area contributed by atoms with Crippen molar-refractivity contribution in [2.75, 3.05) is 39.6 Å². The van der Waals surface area contributed by atoms with Crippen molar-refractivity contribution in [2.24, 2.45) is 0 Å². The van der Waals surface area contributed by atoms with Crippen molar-refractivity contribution in [3.63, 3.8) is 0 Å². The van der Waals surface area contributed by atoms with Crippen LogP contribution in [0.2, 0.25) is 0 Å². The molecule has 0 aromatic rings. The number of amides is 1. The third-order valence-corrected chi connectivity index (χ3v) is 5.30. The molecule has 10 atom stereocenters. The fraction of sp³-hybridized carbons (Fsp3) is 0.909. The molecule has 0 heterocycles. The Labute approximate surface area is 220 Å². The van der Waals surface area contributed by atoms with Crippen molar-refractivity contribution >= 4 is 11.9 Å². The summed E-state index contributed by atoms with van der Waals surface area (Å²) >= 11 is 0. The van der Waals surface area contributed by atoms with Crippen LogP contribution in [0.4, 0.5) is 0 Å². The van der Waals surface area contributed by atoms with Crippen LogP contribution in [-0.2, 0) is 23.8 Å². The zero-order chi connectivity index (χ0) is 29.4. The summed E-state index contributed by atoms with van der Waals surface area (Å²) in [5.41, 5.74) is 0. The molecule has 38 heavy (non-hydrogen) atoms. The Balaban J connectivity index is 4.18. The number of carboxylic acid groups (broad SMARTS) is 1. The van der Waals surface area contributed by atoms with E-state index in [2.05, 4.69) is 5.32 Å². The van der Waals surface area contributed by atoms with Gasteiger partial charge >= 0.3 is 5.97 Å². The second-order valence-electron chi connectivity index (χ2n) is 9.02. The van der Waals surface area contributed by atoms with E-state index < -0.39 is 99.3 Å². The number of hydrogen-bond acceptors (Lipinski definition) is 14. The molecule has 0 aliphatic rings. The Kier molecular flexibility index (Phi) is 18.7. The number of carbonyl (C=O) groups excluding carboxylic acids is 1. The van der Waals surface area contributed by atoms with Crippen LogP contribution in [0.25, 0.3) is 0 Å². The first kappa shape index (κ1) is 36.5. The number of rotatable bonds is 22. The van der Waals surface area contributed by atoms with Gasteiger partial charge in [-0.1, -0.05) is 0 Å². The minimum atomic E-state index is -1.87. The molecule has 16 nitrogen and oxygen atoms in total. The van der Waals surface area contributed by atoms with Gasteiger partial charge in [-0.2, -0.15) is 0 Å². The number of hydrogen-bond donors (Lipinski definition) is 11. The number of carbonyl (C=O) groups is 2. The Morgan fingerprint density at radius 1 is 0.711 bits per heavy atom. The molecule has 0 aliphatic carbocycles. The molecule has 0 spiro atoms. The van der Waals surface area contributed by atoms with E-state index in [1.807, 2.05) is 0 Å². The summed E-state index contributed by atoms with van der Waals surface area (Å²) in [6.45, 7) is 0.551. The van der Waals surface area contributed by atoms with Crippen LogP contribution in [-0.4, -0.2) is 164 Å². The average Bonchev–Trinajstić information content (AvgIpc) is 2.87. The predicted octanol–water partition coefficient (Wildman–Crippen LogP) is -5.33. The van der Waals surface area contributed by atoms with Crippen LogP contribution in [0.5, 0.6) is 0 Å². The Morgan fingerprint density at radius 2 is 1.21 bits per heavy atom. The van der Waals surface area contributed by atoms with Crippen LogP contribution in [0.3, 0.4) is 0 Å². The van der Waals surface area contributed by atoms with Gasteiger partial charge in [-0.05, 0) is 13.8 Å². The number of ether oxygens (including phenoxy) is 3. The van der Waals surface area contributed by atoms with E-state index in [0.29, 0.717) is 0 Å². The normalized spacial score (nSPS) is 19.9. The predicted molar refractivity (Wildman–Crippen MR) is 127 cm³/mol. The van der Waals surface area contributed by atoms with Crippen LogP contribution in [0, 0.1) is 0 Å². The standard InChI is InChI=1S/C22H43NO15/c1-11(3-13(25)7-36-9-18(30)22(34)35)37-8-14(26)4-12(2)38-10-17(29)21(33)23-5-15(27)19(31)20(32)16(28)6-24/h11-20,24-32H,3-10H2,1-2H3,(H,23,33)(H,34,35)/t11?,12?,13?,14?,15-,16+,17?,18?,19+,20+/m0/s1. The maximum Gasteiger partial charge on any atom is 0.334 e. The van der Waals surface area contributed by atoms with E-state index in [1.54, 1.807) is 13.8 Å². The van der Waals surface area contributed by atoms with Gasteiger partial charge in [-0.25, -0.2) is 4.79 Å². The van der Waals surface area contributed by atoms with Gasteiger partial charge in [0.25, 0.3) is 5.91 Å². The monoisotopic (exact) mass is 561 g/mol. The van der Waals surface area contributed by atoms with Crippen molar-refractivity contribution in [1.29, 1.82) is 0 Å². The third-order valence-electron chi connectivity index (χ3n) is 5.30. The number of aliphatic carboxylic acids is 1. The first-order valence-corrected chi connectivity index (χ1v) is 12.1. The zero-order valence-corrected chi connectivity index (χ0v) is 21.4. The first-order chi connectivity index (χ1) is 17.7. The summed E-state index contributed by atoms with van der Waals surface area (Å²) in [5, 5.41) is 96.7. The lowest BCUT2D eigenvalue weighted by Crippen LogP contribution is -2.51. The van der Waals surface area contributed by atoms with Gasteiger partial charge in [-0.3, -0.25) is 4.79 Å². The average molecular weight is 562 g/mol. The van der Waals surface area contributed by atoms with Crippen molar-refractivity contribution in [3.05, 3.63) is 0 Å². The van der Waals surface area contributed by atoms with E-state index in [1.165, 1.54) is 0 Å². The molecule has 0 aliphatic heterocycles. The zero-order valence-electron chi connectivity index (χ0n) is 21.4. The van der Waals surface area contributed by atoms with Crippen molar-refractivity contribution in [3.8, 4) is 0 Å².